The number of nitrogens with one attached hydrogen (secondary N) is 1. The smallest absolute Gasteiger partial charge is 0.138 e. The van der Waals surface area contributed by atoms with Gasteiger partial charge in [0.05, 0.1) is 0 Å². The summed E-state index contributed by atoms with van der Waals surface area (Å²) in [6, 6.07) is 3.59. The second-order valence-corrected chi connectivity index (χ2v) is 5.16. The monoisotopic (exact) mass is 294 g/mol. The number of nitrogens with zero attached hydrogens (tertiary/aromatic N) is 3. The molecule has 1 heterocycles. The van der Waals surface area contributed by atoms with Crippen LogP contribution in [0.4, 0.5) is 8.78 Å². The van der Waals surface area contributed by atoms with Gasteiger partial charge in [-0.25, -0.2) is 18.4 Å². The van der Waals surface area contributed by atoms with Crippen molar-refractivity contribution in [3.8, 4) is 0 Å². The molecule has 1 N–H and O–H groups in total. The molecule has 0 aliphatic rings. The van der Waals surface area contributed by atoms with Crippen molar-refractivity contribution in [3.63, 3.8) is 0 Å². The summed E-state index contributed by atoms with van der Waals surface area (Å²) in [5.41, 5.74) is 0.0534. The van der Waals surface area contributed by atoms with Crippen LogP contribution < -0.4 is 5.32 Å². The molecule has 0 saturated heterocycles. The highest BCUT2D eigenvalue weighted by molar-refractivity contribution is 5.24. The number of rotatable bonds is 6. The van der Waals surface area contributed by atoms with Crippen LogP contribution in [-0.2, 0) is 6.42 Å². The van der Waals surface area contributed by atoms with Gasteiger partial charge < -0.3 is 5.32 Å². The van der Waals surface area contributed by atoms with Crippen LogP contribution in [0.5, 0.6) is 0 Å². The zero-order valence-electron chi connectivity index (χ0n) is 12.5. The molecule has 6 heteroatoms. The molecule has 0 spiro atoms. The van der Waals surface area contributed by atoms with E-state index >= 15 is 0 Å². The van der Waals surface area contributed by atoms with Crippen LogP contribution in [0.2, 0.25) is 0 Å². The van der Waals surface area contributed by atoms with Crippen molar-refractivity contribution in [3.05, 3.63) is 47.5 Å². The van der Waals surface area contributed by atoms with Crippen molar-refractivity contribution in [2.75, 3.05) is 6.54 Å². The lowest BCUT2D eigenvalue weighted by molar-refractivity contribution is 0.441. The molecule has 4 nitrogen and oxygen atoms in total. The maximum absolute atomic E-state index is 14.0. The van der Waals surface area contributed by atoms with Gasteiger partial charge in [0.15, 0.2) is 0 Å². The Bertz CT molecular complexity index is 575. The summed E-state index contributed by atoms with van der Waals surface area (Å²) in [6.45, 7) is 6.49. The zero-order chi connectivity index (χ0) is 15.4. The number of aromatic nitrogens is 3. The standard InChI is InChI=1S/C15H20F2N4/c1-4-18-13(15-11(16)6-5-7-12(15)17)8-14-19-9-20-21(14)10(2)3/h5-7,9-10,13,18H,4,8H2,1-3H3. The Morgan fingerprint density at radius 1 is 1.24 bits per heavy atom. The summed E-state index contributed by atoms with van der Waals surface area (Å²) in [5.74, 6) is -0.383. The van der Waals surface area contributed by atoms with E-state index in [-0.39, 0.29) is 11.6 Å². The Labute approximate surface area is 123 Å². The molecule has 2 aromatic rings. The molecule has 0 aliphatic heterocycles. The van der Waals surface area contributed by atoms with Gasteiger partial charge in [0.2, 0.25) is 0 Å². The Morgan fingerprint density at radius 3 is 2.48 bits per heavy atom. The first-order valence-corrected chi connectivity index (χ1v) is 7.10. The van der Waals surface area contributed by atoms with Crippen LogP contribution in [0.3, 0.4) is 0 Å². The topological polar surface area (TPSA) is 42.7 Å². The molecule has 1 aromatic heterocycles. The molecule has 1 atom stereocenters. The Balaban J connectivity index is 2.33. The molecule has 0 bridgehead atoms. The van der Waals surface area contributed by atoms with Crippen molar-refractivity contribution >= 4 is 0 Å². The predicted molar refractivity (Wildman–Crippen MR) is 76.9 cm³/mol. The fourth-order valence-corrected chi connectivity index (χ4v) is 2.40. The summed E-state index contributed by atoms with van der Waals surface area (Å²) in [7, 11) is 0. The van der Waals surface area contributed by atoms with E-state index in [9.17, 15) is 8.78 Å². The van der Waals surface area contributed by atoms with Gasteiger partial charge in [-0.2, -0.15) is 5.10 Å². The third-order valence-electron chi connectivity index (χ3n) is 3.32. The lowest BCUT2D eigenvalue weighted by atomic mass is 10.0. The molecule has 0 fully saturated rings. The second kappa shape index (κ2) is 6.76. The molecule has 1 unspecified atom stereocenters. The Morgan fingerprint density at radius 2 is 1.90 bits per heavy atom. The quantitative estimate of drug-likeness (QED) is 0.890. The van der Waals surface area contributed by atoms with Crippen molar-refractivity contribution in [1.29, 1.82) is 0 Å². The minimum atomic E-state index is -0.545. The molecule has 2 rings (SSSR count). The molecule has 0 amide bonds. The third kappa shape index (κ3) is 3.44. The summed E-state index contributed by atoms with van der Waals surface area (Å²) in [4.78, 5) is 4.21. The summed E-state index contributed by atoms with van der Waals surface area (Å²) < 4.78 is 29.7. The highest BCUT2D eigenvalue weighted by Gasteiger charge is 2.22. The second-order valence-electron chi connectivity index (χ2n) is 5.16. The van der Waals surface area contributed by atoms with Crippen LogP contribution >= 0.6 is 0 Å². The van der Waals surface area contributed by atoms with E-state index in [2.05, 4.69) is 15.4 Å². The lowest BCUT2D eigenvalue weighted by Crippen LogP contribution is -2.26. The van der Waals surface area contributed by atoms with E-state index < -0.39 is 17.7 Å². The molecule has 0 saturated carbocycles. The molecular weight excluding hydrogens is 274 g/mol. The highest BCUT2D eigenvalue weighted by atomic mass is 19.1. The van der Waals surface area contributed by atoms with Gasteiger partial charge in [0, 0.05) is 24.1 Å². The first-order valence-electron chi connectivity index (χ1n) is 7.10. The average Bonchev–Trinajstić information content (AvgIpc) is 2.87. The first-order chi connectivity index (χ1) is 10.0. The first kappa shape index (κ1) is 15.6. The minimum Gasteiger partial charge on any atom is -0.310 e. The van der Waals surface area contributed by atoms with Crippen LogP contribution in [0.15, 0.2) is 24.5 Å². The van der Waals surface area contributed by atoms with Gasteiger partial charge in [-0.05, 0) is 32.5 Å². The molecule has 21 heavy (non-hydrogen) atoms. The number of likely N-dealkylation sites (N-methyl/N-ethyl adjacent to an activating group) is 1. The molecular formula is C15H20F2N4. The van der Waals surface area contributed by atoms with Gasteiger partial charge in [-0.1, -0.05) is 13.0 Å². The summed E-state index contributed by atoms with van der Waals surface area (Å²) in [5, 5.41) is 7.28. The van der Waals surface area contributed by atoms with Crippen molar-refractivity contribution < 1.29 is 8.78 Å². The van der Waals surface area contributed by atoms with Crippen LogP contribution in [0.1, 0.15) is 44.2 Å². The third-order valence-corrected chi connectivity index (χ3v) is 3.32. The van der Waals surface area contributed by atoms with E-state index in [1.165, 1.54) is 24.5 Å². The molecule has 114 valence electrons. The van der Waals surface area contributed by atoms with Crippen LogP contribution in [0.25, 0.3) is 0 Å². The van der Waals surface area contributed by atoms with Crippen molar-refractivity contribution in [1.82, 2.24) is 20.1 Å². The number of hydrogen-bond acceptors (Lipinski definition) is 3. The number of hydrogen-bond donors (Lipinski definition) is 1. The van der Waals surface area contributed by atoms with Crippen molar-refractivity contribution in [2.24, 2.45) is 0 Å². The van der Waals surface area contributed by atoms with E-state index in [1.807, 2.05) is 20.8 Å². The van der Waals surface area contributed by atoms with E-state index in [4.69, 9.17) is 0 Å². The van der Waals surface area contributed by atoms with Crippen molar-refractivity contribution in [2.45, 2.75) is 39.3 Å². The van der Waals surface area contributed by atoms with Gasteiger partial charge in [0.25, 0.3) is 0 Å². The fourth-order valence-electron chi connectivity index (χ4n) is 2.40. The summed E-state index contributed by atoms with van der Waals surface area (Å²) in [6.07, 6.45) is 1.85. The van der Waals surface area contributed by atoms with Gasteiger partial charge in [0.1, 0.15) is 23.8 Å². The Hall–Kier alpha value is -1.82. The average molecular weight is 294 g/mol. The van der Waals surface area contributed by atoms with E-state index in [1.54, 1.807) is 4.68 Å². The van der Waals surface area contributed by atoms with E-state index in [0.717, 1.165) is 0 Å². The van der Waals surface area contributed by atoms with Gasteiger partial charge in [-0.15, -0.1) is 0 Å². The minimum absolute atomic E-state index is 0.0534. The number of benzene rings is 1. The maximum Gasteiger partial charge on any atom is 0.138 e. The SMILES string of the molecule is CCNC(Cc1ncnn1C(C)C)c1c(F)cccc1F. The fraction of sp³-hybridized carbons (Fsp3) is 0.467. The van der Waals surface area contributed by atoms with Crippen LogP contribution in [-0.4, -0.2) is 21.3 Å². The lowest BCUT2D eigenvalue weighted by Gasteiger charge is -2.20. The zero-order valence-corrected chi connectivity index (χ0v) is 12.5. The summed E-state index contributed by atoms with van der Waals surface area (Å²) >= 11 is 0. The normalized spacial score (nSPS) is 12.9. The largest absolute Gasteiger partial charge is 0.310 e. The predicted octanol–water partition coefficient (Wildman–Crippen LogP) is 3.03. The highest BCUT2D eigenvalue weighted by Crippen LogP contribution is 2.24. The molecule has 0 radical (unpaired) electrons. The number of halogens is 2. The van der Waals surface area contributed by atoms with Gasteiger partial charge in [-0.3, -0.25) is 0 Å². The molecule has 1 aromatic carbocycles. The molecule has 0 aliphatic carbocycles. The maximum atomic E-state index is 14.0. The van der Waals surface area contributed by atoms with E-state index in [0.29, 0.717) is 18.8 Å². The Kier molecular flexibility index (Phi) is 5.01. The van der Waals surface area contributed by atoms with Gasteiger partial charge >= 0.3 is 0 Å². The van der Waals surface area contributed by atoms with Crippen LogP contribution in [0, 0.1) is 11.6 Å².